The molecule has 1 aromatic heterocycles. The molecule has 2 aliphatic rings. The van der Waals surface area contributed by atoms with Crippen LogP contribution >= 0.6 is 0 Å². The summed E-state index contributed by atoms with van der Waals surface area (Å²) in [5.74, 6) is 0.0216. The van der Waals surface area contributed by atoms with Gasteiger partial charge < -0.3 is 9.82 Å². The minimum absolute atomic E-state index is 0.0737. The molecule has 0 spiro atoms. The van der Waals surface area contributed by atoms with Gasteiger partial charge in [-0.25, -0.2) is 4.79 Å². The van der Waals surface area contributed by atoms with E-state index in [4.69, 9.17) is 4.84 Å². The molecule has 1 heterocycles. The molecule has 0 aliphatic heterocycles. The number of aromatic nitrogens is 1. The lowest BCUT2D eigenvalue weighted by Crippen LogP contribution is -2.13. The van der Waals surface area contributed by atoms with E-state index in [1.165, 1.54) is 72.9 Å². The number of aryl methyl sites for hydroxylation is 1. The summed E-state index contributed by atoms with van der Waals surface area (Å²) in [6, 6.07) is 12.1. The van der Waals surface area contributed by atoms with Crippen LogP contribution in [0.25, 0.3) is 10.9 Å². The molecule has 0 radical (unpaired) electrons. The lowest BCUT2D eigenvalue weighted by molar-refractivity contribution is -0.384. The maximum Gasteiger partial charge on any atom is 0.365 e. The molecule has 1 fully saturated rings. The first-order valence-corrected chi connectivity index (χ1v) is 11.3. The molecule has 32 heavy (non-hydrogen) atoms. The molecule has 0 saturated heterocycles. The average Bonchev–Trinajstić information content (AvgIpc) is 3.21. The second-order valence-electron chi connectivity index (χ2n) is 8.69. The van der Waals surface area contributed by atoms with Crippen LogP contribution in [-0.4, -0.2) is 21.6 Å². The smallest absolute Gasteiger partial charge is 0.353 e. The Labute approximate surface area is 185 Å². The number of nitro groups is 1. The van der Waals surface area contributed by atoms with Crippen molar-refractivity contribution in [1.82, 2.24) is 4.98 Å². The van der Waals surface area contributed by atoms with E-state index >= 15 is 0 Å². The quantitative estimate of drug-likeness (QED) is 0.310. The molecule has 2 aliphatic carbocycles. The van der Waals surface area contributed by atoms with Gasteiger partial charge in [-0.15, -0.1) is 0 Å². The number of nitrogens with zero attached hydrogens (tertiary/aromatic N) is 2. The molecule has 0 unspecified atom stereocenters. The van der Waals surface area contributed by atoms with Crippen molar-refractivity contribution in [1.29, 1.82) is 0 Å². The minimum atomic E-state index is -0.629. The summed E-state index contributed by atoms with van der Waals surface area (Å²) < 4.78 is 0. The number of hydrogen-bond donors (Lipinski definition) is 1. The Hall–Kier alpha value is -3.48. The number of rotatable bonds is 4. The lowest BCUT2D eigenvalue weighted by Gasteiger charge is -2.22. The van der Waals surface area contributed by atoms with Crippen LogP contribution in [0.2, 0.25) is 0 Å². The molecule has 3 aromatic rings. The molecule has 1 saturated carbocycles. The molecule has 0 amide bonds. The Bertz CT molecular complexity index is 1200. The summed E-state index contributed by atoms with van der Waals surface area (Å²) in [6.07, 6.45) is 9.14. The summed E-state index contributed by atoms with van der Waals surface area (Å²) in [6.45, 7) is 0. The summed E-state index contributed by atoms with van der Waals surface area (Å²) in [4.78, 5) is 31.3. The number of hydrogen-bond acceptors (Lipinski definition) is 5. The zero-order valence-corrected chi connectivity index (χ0v) is 17.8. The van der Waals surface area contributed by atoms with Gasteiger partial charge in [0.1, 0.15) is 5.71 Å². The van der Waals surface area contributed by atoms with Crippen molar-refractivity contribution in [3.8, 4) is 0 Å². The monoisotopic (exact) mass is 431 g/mol. The van der Waals surface area contributed by atoms with E-state index in [0.717, 1.165) is 36.2 Å². The van der Waals surface area contributed by atoms with E-state index in [1.807, 2.05) is 0 Å². The molecular weight excluding hydrogens is 406 g/mol. The van der Waals surface area contributed by atoms with Crippen LogP contribution in [0.1, 0.15) is 78.0 Å². The first-order chi connectivity index (χ1) is 15.6. The third-order valence-corrected chi connectivity index (χ3v) is 6.69. The highest BCUT2D eigenvalue weighted by Crippen LogP contribution is 2.36. The first-order valence-electron chi connectivity index (χ1n) is 11.3. The summed E-state index contributed by atoms with van der Waals surface area (Å²) in [7, 11) is 0. The number of nitrogens with one attached hydrogen (secondary N) is 1. The molecule has 0 bridgehead atoms. The van der Waals surface area contributed by atoms with E-state index in [9.17, 15) is 14.9 Å². The van der Waals surface area contributed by atoms with Crippen LogP contribution in [0, 0.1) is 10.1 Å². The van der Waals surface area contributed by atoms with Gasteiger partial charge in [-0.05, 0) is 73.4 Å². The summed E-state index contributed by atoms with van der Waals surface area (Å²) in [5.41, 5.74) is 5.59. The predicted octanol–water partition coefficient (Wildman–Crippen LogP) is 6.02. The van der Waals surface area contributed by atoms with Crippen molar-refractivity contribution >= 4 is 28.3 Å². The minimum Gasteiger partial charge on any atom is -0.353 e. The van der Waals surface area contributed by atoms with Crippen molar-refractivity contribution in [3.63, 3.8) is 0 Å². The number of fused-ring (bicyclic) bond motifs is 3. The predicted molar refractivity (Wildman–Crippen MR) is 122 cm³/mol. The highest BCUT2D eigenvalue weighted by molar-refractivity contribution is 6.06. The molecule has 7 nitrogen and oxygen atoms in total. The van der Waals surface area contributed by atoms with Crippen LogP contribution in [0.3, 0.4) is 0 Å². The van der Waals surface area contributed by atoms with E-state index in [1.54, 1.807) is 0 Å². The van der Waals surface area contributed by atoms with Gasteiger partial charge >= 0.3 is 5.97 Å². The summed E-state index contributed by atoms with van der Waals surface area (Å²) >= 11 is 0. The van der Waals surface area contributed by atoms with E-state index in [-0.39, 0.29) is 11.3 Å². The van der Waals surface area contributed by atoms with Gasteiger partial charge in [-0.2, -0.15) is 0 Å². The fourth-order valence-electron chi connectivity index (χ4n) is 4.98. The average molecular weight is 431 g/mol. The highest BCUT2D eigenvalue weighted by atomic mass is 16.7. The van der Waals surface area contributed by atoms with Crippen molar-refractivity contribution < 1.29 is 14.6 Å². The SMILES string of the molecule is O=C(O/N=C1\CCCc2c1[nH]c1ccc(C3CCCCC3)cc21)c1ccc([N+](=O)[O-])cc1. The van der Waals surface area contributed by atoms with Gasteiger partial charge in [0.2, 0.25) is 0 Å². The van der Waals surface area contributed by atoms with Crippen molar-refractivity contribution in [2.75, 3.05) is 0 Å². The molecule has 5 rings (SSSR count). The highest BCUT2D eigenvalue weighted by Gasteiger charge is 2.23. The normalized spacial score (nSPS) is 17.9. The number of nitro benzene ring substituents is 1. The fourth-order valence-corrected chi connectivity index (χ4v) is 4.98. The second-order valence-corrected chi connectivity index (χ2v) is 8.69. The van der Waals surface area contributed by atoms with Gasteiger partial charge in [0.15, 0.2) is 0 Å². The van der Waals surface area contributed by atoms with Gasteiger partial charge in [0.25, 0.3) is 5.69 Å². The number of carbonyl (C=O) groups is 1. The van der Waals surface area contributed by atoms with E-state index < -0.39 is 10.9 Å². The maximum absolute atomic E-state index is 12.4. The van der Waals surface area contributed by atoms with Crippen molar-refractivity contribution in [3.05, 3.63) is 75.0 Å². The topological polar surface area (TPSA) is 97.6 Å². The maximum atomic E-state index is 12.4. The second kappa shape index (κ2) is 8.57. The van der Waals surface area contributed by atoms with Crippen LogP contribution < -0.4 is 0 Å². The molecule has 164 valence electrons. The number of aromatic amines is 1. The van der Waals surface area contributed by atoms with Gasteiger partial charge in [0, 0.05) is 23.0 Å². The Balaban J connectivity index is 1.39. The van der Waals surface area contributed by atoms with Crippen LogP contribution in [-0.2, 0) is 11.3 Å². The largest absolute Gasteiger partial charge is 0.365 e. The van der Waals surface area contributed by atoms with Crippen molar-refractivity contribution in [2.45, 2.75) is 57.3 Å². The van der Waals surface area contributed by atoms with Crippen LogP contribution in [0.5, 0.6) is 0 Å². The molecule has 0 atom stereocenters. The number of non-ortho nitro benzene ring substituents is 1. The zero-order chi connectivity index (χ0) is 22.1. The Morgan fingerprint density at radius 2 is 1.81 bits per heavy atom. The molecule has 7 heteroatoms. The molecule has 1 N–H and O–H groups in total. The Kier molecular flexibility index (Phi) is 5.47. The molecule has 2 aromatic carbocycles. The zero-order valence-electron chi connectivity index (χ0n) is 17.8. The van der Waals surface area contributed by atoms with Gasteiger partial charge in [-0.3, -0.25) is 10.1 Å². The number of H-pyrrole nitrogens is 1. The molecular formula is C25H25N3O4. The van der Waals surface area contributed by atoms with E-state index in [0.29, 0.717) is 5.92 Å². The standard InChI is InChI=1S/C25H25N3O4/c29-25(17-9-12-19(13-10-17)28(30)31)32-27-23-8-4-7-20-21-15-18(16-5-2-1-3-6-16)11-14-22(21)26-24(20)23/h9-16,26H,1-8H2/b27-23+. The first kappa shape index (κ1) is 20.4. The Morgan fingerprint density at radius 3 is 2.56 bits per heavy atom. The van der Waals surface area contributed by atoms with Gasteiger partial charge in [-0.1, -0.05) is 30.5 Å². The van der Waals surface area contributed by atoms with Crippen LogP contribution in [0.4, 0.5) is 5.69 Å². The Morgan fingerprint density at radius 1 is 1.03 bits per heavy atom. The number of benzene rings is 2. The fraction of sp³-hybridized carbons (Fsp3) is 0.360. The van der Waals surface area contributed by atoms with E-state index in [2.05, 4.69) is 28.3 Å². The number of carbonyl (C=O) groups excluding carboxylic acids is 1. The lowest BCUT2D eigenvalue weighted by atomic mass is 9.83. The number of oxime groups is 1. The van der Waals surface area contributed by atoms with Crippen molar-refractivity contribution in [2.24, 2.45) is 5.16 Å². The third-order valence-electron chi connectivity index (χ3n) is 6.69. The van der Waals surface area contributed by atoms with Crippen LogP contribution in [0.15, 0.2) is 47.6 Å². The third kappa shape index (κ3) is 3.90. The van der Waals surface area contributed by atoms with Gasteiger partial charge in [0.05, 0.1) is 16.2 Å². The summed E-state index contributed by atoms with van der Waals surface area (Å²) in [5, 5.41) is 16.2.